The van der Waals surface area contributed by atoms with E-state index < -0.39 is 11.8 Å². The standard InChI is InChI=1S/C18H17N5O4S/c1-26-12-6-3-10(4-7-12)16(25)23-17-14(15(19)24)22-18(28-17)21-11-5-8-13(27-2)20-9-11/h3-9H,1-2H3,(H2,19,24)(H,21,22)(H,23,25). The Bertz CT molecular complexity index is 986. The molecule has 0 aliphatic heterocycles. The first-order valence-electron chi connectivity index (χ1n) is 8.03. The summed E-state index contributed by atoms with van der Waals surface area (Å²) in [6, 6.07) is 9.98. The number of aromatic nitrogens is 2. The molecule has 9 nitrogen and oxygen atoms in total. The third-order valence-corrected chi connectivity index (χ3v) is 4.52. The molecule has 0 unspecified atom stereocenters. The number of ether oxygens (including phenoxy) is 2. The summed E-state index contributed by atoms with van der Waals surface area (Å²) >= 11 is 1.08. The molecule has 2 aromatic heterocycles. The average Bonchev–Trinajstić information content (AvgIpc) is 3.11. The summed E-state index contributed by atoms with van der Waals surface area (Å²) in [7, 11) is 3.06. The van der Waals surface area contributed by atoms with E-state index in [1.807, 2.05) is 0 Å². The fraction of sp³-hybridized carbons (Fsp3) is 0.111. The van der Waals surface area contributed by atoms with Crippen molar-refractivity contribution in [3.63, 3.8) is 0 Å². The van der Waals surface area contributed by atoms with Crippen LogP contribution in [0.2, 0.25) is 0 Å². The van der Waals surface area contributed by atoms with Crippen LogP contribution in [0.15, 0.2) is 42.6 Å². The quantitative estimate of drug-likeness (QED) is 0.557. The fourth-order valence-electron chi connectivity index (χ4n) is 2.24. The molecule has 10 heteroatoms. The lowest BCUT2D eigenvalue weighted by atomic mass is 10.2. The number of hydrogen-bond donors (Lipinski definition) is 3. The Kier molecular flexibility index (Phi) is 5.70. The summed E-state index contributed by atoms with van der Waals surface area (Å²) in [5.41, 5.74) is 6.40. The summed E-state index contributed by atoms with van der Waals surface area (Å²) in [5.74, 6) is -0.0460. The van der Waals surface area contributed by atoms with Gasteiger partial charge in [0.2, 0.25) is 5.88 Å². The summed E-state index contributed by atoms with van der Waals surface area (Å²) in [6.45, 7) is 0. The van der Waals surface area contributed by atoms with E-state index in [0.717, 1.165) is 11.3 Å². The van der Waals surface area contributed by atoms with Crippen LogP contribution in [0, 0.1) is 0 Å². The predicted octanol–water partition coefficient (Wildman–Crippen LogP) is 2.65. The van der Waals surface area contributed by atoms with Crippen LogP contribution in [0.1, 0.15) is 20.8 Å². The molecule has 28 heavy (non-hydrogen) atoms. The Morgan fingerprint density at radius 1 is 1.07 bits per heavy atom. The average molecular weight is 399 g/mol. The second-order valence-corrected chi connectivity index (χ2v) is 6.46. The zero-order valence-electron chi connectivity index (χ0n) is 15.1. The molecule has 2 heterocycles. The van der Waals surface area contributed by atoms with Crippen LogP contribution in [-0.2, 0) is 0 Å². The Labute approximate surface area is 164 Å². The van der Waals surface area contributed by atoms with E-state index in [1.165, 1.54) is 7.11 Å². The highest BCUT2D eigenvalue weighted by atomic mass is 32.1. The molecule has 3 rings (SSSR count). The van der Waals surface area contributed by atoms with Gasteiger partial charge in [0, 0.05) is 11.6 Å². The van der Waals surface area contributed by atoms with Crippen LogP contribution in [0.5, 0.6) is 11.6 Å². The number of carbonyl (C=O) groups excluding carboxylic acids is 2. The molecular formula is C18H17N5O4S. The van der Waals surface area contributed by atoms with Crippen molar-refractivity contribution < 1.29 is 19.1 Å². The highest BCUT2D eigenvalue weighted by Gasteiger charge is 2.19. The van der Waals surface area contributed by atoms with Crippen LogP contribution < -0.4 is 25.8 Å². The van der Waals surface area contributed by atoms with Crippen LogP contribution in [0.25, 0.3) is 0 Å². The molecule has 1 aromatic carbocycles. The number of nitrogens with two attached hydrogens (primary N) is 1. The number of carbonyl (C=O) groups is 2. The van der Waals surface area contributed by atoms with Gasteiger partial charge in [0.25, 0.3) is 11.8 Å². The lowest BCUT2D eigenvalue weighted by Crippen LogP contribution is -2.17. The monoisotopic (exact) mass is 399 g/mol. The van der Waals surface area contributed by atoms with E-state index in [9.17, 15) is 9.59 Å². The van der Waals surface area contributed by atoms with E-state index in [2.05, 4.69) is 20.6 Å². The molecule has 0 fully saturated rings. The number of pyridine rings is 1. The van der Waals surface area contributed by atoms with Gasteiger partial charge in [-0.25, -0.2) is 9.97 Å². The van der Waals surface area contributed by atoms with E-state index >= 15 is 0 Å². The van der Waals surface area contributed by atoms with Gasteiger partial charge in [0.1, 0.15) is 10.8 Å². The number of primary amides is 1. The van der Waals surface area contributed by atoms with Crippen LogP contribution in [0.3, 0.4) is 0 Å². The maximum atomic E-state index is 12.5. The van der Waals surface area contributed by atoms with Gasteiger partial charge in [-0.3, -0.25) is 9.59 Å². The molecule has 144 valence electrons. The zero-order chi connectivity index (χ0) is 20.1. The predicted molar refractivity (Wildman–Crippen MR) is 106 cm³/mol. The van der Waals surface area contributed by atoms with Gasteiger partial charge in [0.15, 0.2) is 10.8 Å². The lowest BCUT2D eigenvalue weighted by Gasteiger charge is -2.05. The third kappa shape index (κ3) is 4.35. The number of benzene rings is 1. The van der Waals surface area contributed by atoms with Crippen molar-refractivity contribution in [2.24, 2.45) is 5.73 Å². The van der Waals surface area contributed by atoms with E-state index in [-0.39, 0.29) is 10.7 Å². The van der Waals surface area contributed by atoms with Crippen molar-refractivity contribution >= 4 is 39.0 Å². The number of nitrogens with one attached hydrogen (secondary N) is 2. The molecule has 4 N–H and O–H groups in total. The molecule has 0 aliphatic carbocycles. The number of nitrogens with zero attached hydrogens (tertiary/aromatic N) is 2. The van der Waals surface area contributed by atoms with Crippen molar-refractivity contribution in [1.82, 2.24) is 9.97 Å². The maximum absolute atomic E-state index is 12.5. The Hall–Kier alpha value is -3.66. The smallest absolute Gasteiger partial charge is 0.270 e. The van der Waals surface area contributed by atoms with E-state index in [1.54, 1.807) is 49.7 Å². The summed E-state index contributed by atoms with van der Waals surface area (Å²) < 4.78 is 10.1. The minimum absolute atomic E-state index is 0.0316. The topological polar surface area (TPSA) is 128 Å². The Balaban J connectivity index is 1.79. The van der Waals surface area contributed by atoms with Gasteiger partial charge < -0.3 is 25.8 Å². The fourth-order valence-corrected chi connectivity index (χ4v) is 3.13. The van der Waals surface area contributed by atoms with Gasteiger partial charge in [-0.2, -0.15) is 0 Å². The second-order valence-electron chi connectivity index (χ2n) is 5.46. The summed E-state index contributed by atoms with van der Waals surface area (Å²) in [4.78, 5) is 32.4. The number of thiazole rings is 1. The largest absolute Gasteiger partial charge is 0.497 e. The Morgan fingerprint density at radius 3 is 2.39 bits per heavy atom. The lowest BCUT2D eigenvalue weighted by molar-refractivity contribution is 0.0997. The van der Waals surface area contributed by atoms with Crippen molar-refractivity contribution in [3.05, 3.63) is 53.9 Å². The summed E-state index contributed by atoms with van der Waals surface area (Å²) in [5, 5.41) is 6.31. The SMILES string of the molecule is COc1ccc(C(=O)Nc2sc(Nc3ccc(OC)nc3)nc2C(N)=O)cc1. The molecule has 3 aromatic rings. The van der Waals surface area contributed by atoms with Gasteiger partial charge in [-0.15, -0.1) is 0 Å². The molecule has 0 spiro atoms. The summed E-state index contributed by atoms with van der Waals surface area (Å²) in [6.07, 6.45) is 1.56. The molecular weight excluding hydrogens is 382 g/mol. The highest BCUT2D eigenvalue weighted by Crippen LogP contribution is 2.31. The molecule has 0 saturated carbocycles. The number of amides is 2. The number of hydrogen-bond acceptors (Lipinski definition) is 8. The molecule has 0 atom stereocenters. The van der Waals surface area contributed by atoms with E-state index in [0.29, 0.717) is 28.0 Å². The van der Waals surface area contributed by atoms with Gasteiger partial charge in [-0.1, -0.05) is 11.3 Å². The number of methoxy groups -OCH3 is 2. The van der Waals surface area contributed by atoms with Gasteiger partial charge >= 0.3 is 0 Å². The van der Waals surface area contributed by atoms with Gasteiger partial charge in [-0.05, 0) is 30.3 Å². The molecule has 0 bridgehead atoms. The minimum atomic E-state index is -0.748. The van der Waals surface area contributed by atoms with Crippen LogP contribution >= 0.6 is 11.3 Å². The number of rotatable bonds is 7. The van der Waals surface area contributed by atoms with Crippen molar-refractivity contribution in [1.29, 1.82) is 0 Å². The van der Waals surface area contributed by atoms with Crippen molar-refractivity contribution in [2.75, 3.05) is 24.9 Å². The molecule has 0 saturated heterocycles. The number of anilines is 3. The zero-order valence-corrected chi connectivity index (χ0v) is 15.9. The third-order valence-electron chi connectivity index (χ3n) is 3.64. The van der Waals surface area contributed by atoms with Crippen LogP contribution in [0.4, 0.5) is 15.8 Å². The molecule has 0 radical (unpaired) electrons. The first-order chi connectivity index (χ1) is 13.5. The molecule has 0 aliphatic rings. The normalized spacial score (nSPS) is 10.2. The molecule has 2 amide bonds. The first kappa shape index (κ1) is 19.1. The van der Waals surface area contributed by atoms with E-state index in [4.69, 9.17) is 15.2 Å². The van der Waals surface area contributed by atoms with Crippen molar-refractivity contribution in [3.8, 4) is 11.6 Å². The van der Waals surface area contributed by atoms with Crippen LogP contribution in [-0.4, -0.2) is 36.0 Å². The Morgan fingerprint density at radius 2 is 1.82 bits per heavy atom. The van der Waals surface area contributed by atoms with Gasteiger partial charge in [0.05, 0.1) is 26.1 Å². The first-order valence-corrected chi connectivity index (χ1v) is 8.85. The second kappa shape index (κ2) is 8.35. The highest BCUT2D eigenvalue weighted by molar-refractivity contribution is 7.20. The minimum Gasteiger partial charge on any atom is -0.497 e. The maximum Gasteiger partial charge on any atom is 0.270 e. The van der Waals surface area contributed by atoms with Crippen molar-refractivity contribution in [2.45, 2.75) is 0 Å².